The molecule has 1 aliphatic heterocycles. The molecule has 0 aromatic carbocycles. The van der Waals surface area contributed by atoms with Crippen molar-refractivity contribution in [2.24, 2.45) is 5.41 Å². The Balaban J connectivity index is 2.03. The molecule has 1 saturated carbocycles. The van der Waals surface area contributed by atoms with Crippen molar-refractivity contribution in [3.63, 3.8) is 0 Å². The molecule has 1 atom stereocenters. The first kappa shape index (κ1) is 9.83. The fourth-order valence-electron chi connectivity index (χ4n) is 2.42. The third kappa shape index (κ3) is 1.39. The van der Waals surface area contributed by atoms with Gasteiger partial charge >= 0.3 is 5.97 Å². The Morgan fingerprint density at radius 1 is 1.29 bits per heavy atom. The molecule has 2 aliphatic rings. The van der Waals surface area contributed by atoms with E-state index in [1.807, 2.05) is 0 Å². The lowest BCUT2D eigenvalue weighted by atomic mass is 9.63. The highest BCUT2D eigenvalue weighted by atomic mass is 19.3. The van der Waals surface area contributed by atoms with Crippen molar-refractivity contribution in [1.82, 2.24) is 5.32 Å². The van der Waals surface area contributed by atoms with E-state index in [-0.39, 0.29) is 12.8 Å². The Hall–Kier alpha value is -0.710. The van der Waals surface area contributed by atoms with Gasteiger partial charge in [0.25, 0.3) is 0 Å². The third-order valence-electron chi connectivity index (χ3n) is 3.49. The highest BCUT2D eigenvalue weighted by molar-refractivity contribution is 5.76. The van der Waals surface area contributed by atoms with E-state index < -0.39 is 23.3 Å². The molecule has 1 aliphatic carbocycles. The van der Waals surface area contributed by atoms with E-state index in [1.54, 1.807) is 0 Å². The van der Waals surface area contributed by atoms with Gasteiger partial charge in [0, 0.05) is 24.8 Å². The summed E-state index contributed by atoms with van der Waals surface area (Å²) in [5, 5.41) is 11.6. The van der Waals surface area contributed by atoms with Gasteiger partial charge in [0.05, 0.1) is 0 Å². The van der Waals surface area contributed by atoms with Crippen molar-refractivity contribution in [2.45, 2.75) is 37.6 Å². The summed E-state index contributed by atoms with van der Waals surface area (Å²) in [7, 11) is 0. The van der Waals surface area contributed by atoms with Gasteiger partial charge in [-0.15, -0.1) is 0 Å². The van der Waals surface area contributed by atoms with Crippen molar-refractivity contribution >= 4 is 5.97 Å². The van der Waals surface area contributed by atoms with Gasteiger partial charge in [0.15, 0.2) is 0 Å². The number of carboxylic acids is 1. The SMILES string of the molecule is O=C(O)C1NCC12CCC(F)(F)CC2. The summed E-state index contributed by atoms with van der Waals surface area (Å²) in [4.78, 5) is 10.8. The number of carbonyl (C=O) groups is 1. The average molecular weight is 205 g/mol. The molecule has 0 aromatic rings. The minimum absolute atomic E-state index is 0.168. The topological polar surface area (TPSA) is 49.3 Å². The zero-order valence-corrected chi connectivity index (χ0v) is 7.72. The summed E-state index contributed by atoms with van der Waals surface area (Å²) < 4.78 is 25.7. The van der Waals surface area contributed by atoms with Gasteiger partial charge in [0.1, 0.15) is 6.04 Å². The normalized spacial score (nSPS) is 33.7. The van der Waals surface area contributed by atoms with Crippen molar-refractivity contribution in [1.29, 1.82) is 0 Å². The number of hydrogen-bond acceptors (Lipinski definition) is 2. The zero-order chi connectivity index (χ0) is 10.4. The molecule has 0 radical (unpaired) electrons. The summed E-state index contributed by atoms with van der Waals surface area (Å²) in [5.41, 5.74) is -0.395. The van der Waals surface area contributed by atoms with Gasteiger partial charge in [-0.1, -0.05) is 0 Å². The molecule has 2 rings (SSSR count). The molecule has 0 aromatic heterocycles. The molecule has 0 amide bonds. The summed E-state index contributed by atoms with van der Waals surface area (Å²) in [6, 6.07) is -0.612. The maximum atomic E-state index is 12.9. The lowest BCUT2D eigenvalue weighted by Crippen LogP contribution is -2.67. The summed E-state index contributed by atoms with van der Waals surface area (Å²) >= 11 is 0. The maximum Gasteiger partial charge on any atom is 0.321 e. The molecule has 1 unspecified atom stereocenters. The summed E-state index contributed by atoms with van der Waals surface area (Å²) in [6.07, 6.45) is 0.310. The average Bonchev–Trinajstić information content (AvgIpc) is 2.01. The van der Waals surface area contributed by atoms with Gasteiger partial charge in [-0.3, -0.25) is 4.79 Å². The number of alkyl halides is 2. The van der Waals surface area contributed by atoms with Crippen LogP contribution in [0.2, 0.25) is 0 Å². The molecule has 2 N–H and O–H groups in total. The first-order chi connectivity index (χ1) is 6.45. The first-order valence-corrected chi connectivity index (χ1v) is 4.79. The Labute approximate surface area is 80.5 Å². The van der Waals surface area contributed by atoms with E-state index in [4.69, 9.17) is 5.11 Å². The molecule has 5 heteroatoms. The van der Waals surface area contributed by atoms with Crippen LogP contribution in [-0.2, 0) is 4.79 Å². The number of aliphatic carboxylic acids is 1. The summed E-state index contributed by atoms with van der Waals surface area (Å²) in [6.45, 7) is 0.569. The van der Waals surface area contributed by atoms with Crippen molar-refractivity contribution < 1.29 is 18.7 Å². The second-order valence-corrected chi connectivity index (χ2v) is 4.37. The summed E-state index contributed by atoms with van der Waals surface area (Å²) in [5.74, 6) is -3.49. The van der Waals surface area contributed by atoms with Crippen LogP contribution < -0.4 is 5.32 Å². The molecule has 1 saturated heterocycles. The standard InChI is InChI=1S/C9H13F2NO2/c10-9(11)3-1-8(2-4-9)5-12-6(8)7(13)14/h6,12H,1-5H2,(H,13,14). The highest BCUT2D eigenvalue weighted by Gasteiger charge is 2.55. The van der Waals surface area contributed by atoms with Crippen LogP contribution in [0, 0.1) is 5.41 Å². The second kappa shape index (κ2) is 2.89. The Morgan fingerprint density at radius 2 is 1.86 bits per heavy atom. The van der Waals surface area contributed by atoms with E-state index >= 15 is 0 Å². The molecule has 1 spiro atoms. The Morgan fingerprint density at radius 3 is 2.21 bits per heavy atom. The van der Waals surface area contributed by atoms with Gasteiger partial charge in [0.2, 0.25) is 5.92 Å². The van der Waals surface area contributed by atoms with E-state index in [0.29, 0.717) is 19.4 Å². The van der Waals surface area contributed by atoms with Crippen LogP contribution in [0.1, 0.15) is 25.7 Å². The monoisotopic (exact) mass is 205 g/mol. The largest absolute Gasteiger partial charge is 0.480 e. The zero-order valence-electron chi connectivity index (χ0n) is 7.72. The van der Waals surface area contributed by atoms with Crippen LogP contribution in [0.15, 0.2) is 0 Å². The molecule has 0 bridgehead atoms. The lowest BCUT2D eigenvalue weighted by Gasteiger charge is -2.51. The van der Waals surface area contributed by atoms with E-state index in [2.05, 4.69) is 5.32 Å². The number of hydrogen-bond donors (Lipinski definition) is 2. The quantitative estimate of drug-likeness (QED) is 0.677. The van der Waals surface area contributed by atoms with Gasteiger partial charge in [-0.2, -0.15) is 0 Å². The van der Waals surface area contributed by atoms with Crippen molar-refractivity contribution in [3.05, 3.63) is 0 Å². The minimum atomic E-state index is -2.58. The molecule has 1 heterocycles. The second-order valence-electron chi connectivity index (χ2n) is 4.37. The smallest absolute Gasteiger partial charge is 0.321 e. The van der Waals surface area contributed by atoms with Gasteiger partial charge in [-0.25, -0.2) is 8.78 Å². The Kier molecular flexibility index (Phi) is 2.03. The Bertz CT molecular complexity index is 258. The van der Waals surface area contributed by atoms with E-state index in [9.17, 15) is 13.6 Å². The minimum Gasteiger partial charge on any atom is -0.480 e. The van der Waals surface area contributed by atoms with E-state index in [1.165, 1.54) is 0 Å². The number of halogens is 2. The molecule has 14 heavy (non-hydrogen) atoms. The fraction of sp³-hybridized carbons (Fsp3) is 0.889. The predicted octanol–water partition coefficient (Wildman–Crippen LogP) is 1.24. The van der Waals surface area contributed by atoms with Gasteiger partial charge < -0.3 is 10.4 Å². The molecular weight excluding hydrogens is 192 g/mol. The number of rotatable bonds is 1. The predicted molar refractivity (Wildman–Crippen MR) is 45.3 cm³/mol. The first-order valence-electron chi connectivity index (χ1n) is 4.79. The number of nitrogens with one attached hydrogen (secondary N) is 1. The highest BCUT2D eigenvalue weighted by Crippen LogP contribution is 2.48. The third-order valence-corrected chi connectivity index (χ3v) is 3.49. The van der Waals surface area contributed by atoms with E-state index in [0.717, 1.165) is 0 Å². The van der Waals surface area contributed by atoms with Crippen LogP contribution in [0.4, 0.5) is 8.78 Å². The maximum absolute atomic E-state index is 12.9. The van der Waals surface area contributed by atoms with Gasteiger partial charge in [-0.05, 0) is 12.8 Å². The van der Waals surface area contributed by atoms with Crippen molar-refractivity contribution in [2.75, 3.05) is 6.54 Å². The molecular formula is C9H13F2NO2. The van der Waals surface area contributed by atoms with Crippen LogP contribution in [0.5, 0.6) is 0 Å². The number of carboxylic acid groups (broad SMARTS) is 1. The van der Waals surface area contributed by atoms with Crippen LogP contribution in [-0.4, -0.2) is 29.6 Å². The van der Waals surface area contributed by atoms with Crippen LogP contribution in [0.3, 0.4) is 0 Å². The van der Waals surface area contributed by atoms with Crippen LogP contribution >= 0.6 is 0 Å². The fourth-order valence-corrected chi connectivity index (χ4v) is 2.42. The van der Waals surface area contributed by atoms with Crippen molar-refractivity contribution in [3.8, 4) is 0 Å². The van der Waals surface area contributed by atoms with Crippen LogP contribution in [0.25, 0.3) is 0 Å². The molecule has 2 fully saturated rings. The molecule has 80 valence electrons. The lowest BCUT2D eigenvalue weighted by molar-refractivity contribution is -0.155. The molecule has 3 nitrogen and oxygen atoms in total.